The van der Waals surface area contributed by atoms with E-state index in [1.165, 1.54) is 18.4 Å². The first-order chi connectivity index (χ1) is 30.8. The van der Waals surface area contributed by atoms with Gasteiger partial charge in [0.15, 0.2) is 0 Å². The zero-order chi connectivity index (χ0) is 46.6. The molecule has 2 aliphatic heterocycles. The van der Waals surface area contributed by atoms with Gasteiger partial charge in [-0.2, -0.15) is 0 Å². The molecular formula is C48H74BN7O8. The molecule has 6 unspecified atom stereocenters. The molecule has 6 amide bonds. The van der Waals surface area contributed by atoms with E-state index in [-0.39, 0.29) is 42.8 Å². The Hall–Kier alpha value is -4.80. The van der Waals surface area contributed by atoms with E-state index in [0.717, 1.165) is 49.8 Å². The fourth-order valence-corrected chi connectivity index (χ4v) is 8.72. The molecule has 5 aliphatic rings. The number of aryl methyl sites for hydroxylation is 1. The molecule has 2 aromatic carbocycles. The van der Waals surface area contributed by atoms with Crippen molar-refractivity contribution in [3.63, 3.8) is 0 Å². The molecule has 8 N–H and O–H groups in total. The lowest BCUT2D eigenvalue weighted by Gasteiger charge is -2.60. The molecule has 64 heavy (non-hydrogen) atoms. The van der Waals surface area contributed by atoms with E-state index < -0.39 is 61.8 Å². The Morgan fingerprint density at radius 2 is 1.53 bits per heavy atom. The van der Waals surface area contributed by atoms with Gasteiger partial charge in [0.05, 0.1) is 31.7 Å². The van der Waals surface area contributed by atoms with Gasteiger partial charge in [0, 0.05) is 18.5 Å². The minimum atomic E-state index is -1.16. The van der Waals surface area contributed by atoms with Crippen molar-refractivity contribution in [2.24, 2.45) is 23.0 Å². The summed E-state index contributed by atoms with van der Waals surface area (Å²) < 4.78 is 12.4. The number of carbonyl (C=O) groups excluding carboxylic acids is 6. The largest absolute Gasteiger partial charge is 0.478 e. The lowest BCUT2D eigenvalue weighted by atomic mass is 9.47. The van der Waals surface area contributed by atoms with Crippen LogP contribution in [0.1, 0.15) is 128 Å². The summed E-state index contributed by atoms with van der Waals surface area (Å²) in [6.45, 7) is 13.2. The number of rotatable bonds is 13. The quantitative estimate of drug-likeness (QED) is 0.142. The highest BCUT2D eigenvalue weighted by Crippen LogP contribution is 2.61. The van der Waals surface area contributed by atoms with Crippen LogP contribution in [0.25, 0.3) is 11.1 Å². The van der Waals surface area contributed by atoms with Crippen molar-refractivity contribution < 1.29 is 38.1 Å². The molecule has 15 nitrogen and oxygen atoms in total. The number of unbranched alkanes of at least 4 members (excludes halogenated alkanes) is 2. The van der Waals surface area contributed by atoms with E-state index in [9.17, 15) is 28.8 Å². The second kappa shape index (κ2) is 26.2. The maximum atomic E-state index is 13.3. The summed E-state index contributed by atoms with van der Waals surface area (Å²) in [7, 11) is -0.567. The SMILES string of the molecule is CC.CCCCN.CCCCc1ccc(-c2ccc(C(=O)NCC(=O)NC3CCC(=O)NCCCCC(C(=O)NCB4OC5CC6CC(C5O4)C6(C)C)NC(=O)CNC3=O)cc2)cc1. The van der Waals surface area contributed by atoms with Gasteiger partial charge in [-0.15, -0.1) is 0 Å². The Bertz CT molecular complexity index is 1830. The van der Waals surface area contributed by atoms with E-state index >= 15 is 0 Å². The molecule has 0 radical (unpaired) electrons. The van der Waals surface area contributed by atoms with Crippen molar-refractivity contribution in [2.45, 2.75) is 143 Å². The van der Waals surface area contributed by atoms with Crippen molar-refractivity contribution >= 4 is 42.6 Å². The summed E-state index contributed by atoms with van der Waals surface area (Å²) in [5.74, 6) is -2.01. The molecule has 0 aromatic heterocycles. The van der Waals surface area contributed by atoms with Crippen LogP contribution >= 0.6 is 0 Å². The van der Waals surface area contributed by atoms with Crippen LogP contribution in [0.4, 0.5) is 0 Å². The van der Waals surface area contributed by atoms with Crippen molar-refractivity contribution in [1.82, 2.24) is 31.9 Å². The minimum Gasteiger partial charge on any atom is -0.405 e. The molecule has 3 aliphatic carbocycles. The lowest BCUT2D eigenvalue weighted by molar-refractivity contribution is -0.150. The summed E-state index contributed by atoms with van der Waals surface area (Å²) in [6.07, 6.45) is 9.33. The predicted octanol–water partition coefficient (Wildman–Crippen LogP) is 4.36. The van der Waals surface area contributed by atoms with Gasteiger partial charge in [0.1, 0.15) is 12.1 Å². The summed E-state index contributed by atoms with van der Waals surface area (Å²) in [6, 6.07) is 13.4. The predicted molar refractivity (Wildman–Crippen MR) is 250 cm³/mol. The number of hydrogen-bond acceptors (Lipinski definition) is 9. The van der Waals surface area contributed by atoms with Crippen LogP contribution in [0, 0.1) is 17.3 Å². The highest BCUT2D eigenvalue weighted by molar-refractivity contribution is 6.45. The summed E-state index contributed by atoms with van der Waals surface area (Å²) >= 11 is 0. The first-order valence-corrected chi connectivity index (χ1v) is 23.7. The normalized spacial score (nSPS) is 24.1. The smallest absolute Gasteiger partial charge is 0.405 e. The lowest BCUT2D eigenvalue weighted by Crippen LogP contribution is -2.59. The molecule has 3 saturated carbocycles. The number of nitrogens with one attached hydrogen (secondary N) is 6. The van der Waals surface area contributed by atoms with Gasteiger partial charge in [0.25, 0.3) is 5.91 Å². The average molecular weight is 888 g/mol. The van der Waals surface area contributed by atoms with Gasteiger partial charge in [-0.05, 0) is 110 Å². The van der Waals surface area contributed by atoms with Crippen molar-refractivity contribution in [3.05, 3.63) is 59.7 Å². The molecule has 2 heterocycles. The maximum absolute atomic E-state index is 13.3. The van der Waals surface area contributed by atoms with Crippen LogP contribution in [0.15, 0.2) is 48.5 Å². The van der Waals surface area contributed by atoms with Gasteiger partial charge in [-0.3, -0.25) is 28.8 Å². The third kappa shape index (κ3) is 15.2. The Kier molecular flexibility index (Phi) is 21.2. The molecule has 2 aromatic rings. The zero-order valence-corrected chi connectivity index (χ0v) is 39.0. The van der Waals surface area contributed by atoms with Gasteiger partial charge < -0.3 is 46.9 Å². The molecule has 5 fully saturated rings. The van der Waals surface area contributed by atoms with E-state index in [2.05, 4.69) is 83.9 Å². The maximum Gasteiger partial charge on any atom is 0.478 e. The summed E-state index contributed by atoms with van der Waals surface area (Å²) in [5, 5.41) is 16.1. The van der Waals surface area contributed by atoms with Crippen LogP contribution in [0.2, 0.25) is 0 Å². The summed E-state index contributed by atoms with van der Waals surface area (Å²) in [4.78, 5) is 78.0. The number of carbonyl (C=O) groups is 6. The number of hydrogen-bond donors (Lipinski definition) is 7. The molecule has 7 rings (SSSR count). The van der Waals surface area contributed by atoms with E-state index in [1.807, 2.05) is 26.0 Å². The average Bonchev–Trinajstić information content (AvgIpc) is 3.74. The third-order valence-electron chi connectivity index (χ3n) is 12.8. The van der Waals surface area contributed by atoms with Crippen LogP contribution in [0.5, 0.6) is 0 Å². The summed E-state index contributed by atoms with van der Waals surface area (Å²) in [5.41, 5.74) is 9.01. The third-order valence-corrected chi connectivity index (χ3v) is 12.8. The molecule has 16 heteroatoms. The van der Waals surface area contributed by atoms with Gasteiger partial charge >= 0.3 is 7.12 Å². The van der Waals surface area contributed by atoms with Gasteiger partial charge in [-0.1, -0.05) is 90.8 Å². The molecule has 6 atom stereocenters. The first-order valence-electron chi connectivity index (χ1n) is 23.7. The number of nitrogens with two attached hydrogens (primary N) is 1. The Morgan fingerprint density at radius 3 is 2.17 bits per heavy atom. The molecule has 2 bridgehead atoms. The van der Waals surface area contributed by atoms with Crippen LogP contribution < -0.4 is 37.6 Å². The Morgan fingerprint density at radius 1 is 0.844 bits per heavy atom. The van der Waals surface area contributed by atoms with Crippen LogP contribution in [-0.4, -0.2) is 99.5 Å². The fourth-order valence-electron chi connectivity index (χ4n) is 8.72. The van der Waals surface area contributed by atoms with Gasteiger partial charge in [0.2, 0.25) is 29.5 Å². The minimum absolute atomic E-state index is 0.0174. The highest BCUT2D eigenvalue weighted by Gasteiger charge is 2.61. The molecular weight excluding hydrogens is 813 g/mol. The second-order valence-electron chi connectivity index (χ2n) is 17.6. The molecule has 0 spiro atoms. The Labute approximate surface area is 380 Å². The number of amides is 6. The van der Waals surface area contributed by atoms with Crippen molar-refractivity contribution in [2.75, 3.05) is 32.6 Å². The van der Waals surface area contributed by atoms with Crippen LogP contribution in [0.3, 0.4) is 0 Å². The van der Waals surface area contributed by atoms with Gasteiger partial charge in [-0.25, -0.2) is 0 Å². The number of benzene rings is 2. The first kappa shape index (κ1) is 51.8. The van der Waals surface area contributed by atoms with E-state index in [4.69, 9.17) is 15.0 Å². The van der Waals surface area contributed by atoms with E-state index in [1.54, 1.807) is 12.1 Å². The monoisotopic (exact) mass is 888 g/mol. The Balaban J connectivity index is 0.00000120. The second-order valence-corrected chi connectivity index (χ2v) is 17.6. The topological polar surface area (TPSA) is 219 Å². The van der Waals surface area contributed by atoms with E-state index in [0.29, 0.717) is 43.2 Å². The zero-order valence-electron chi connectivity index (χ0n) is 39.0. The highest BCUT2D eigenvalue weighted by atomic mass is 16.7. The molecule has 352 valence electrons. The standard InChI is InChI=1S/C42H57BN6O8.C4H11N.C2H6/c1-4-5-8-26-10-12-27(13-11-26)28-14-16-29(17-15-28)39(53)45-23-36(51)49-33-18-19-35(50)44-20-7-6-9-32(48-37(52)24-46-40(33)54)41(55)47-25-43-56-34-22-30-21-31(38(34)57-43)42(30,2)3;1-2-3-4-5;1-2/h10-17,30-34,38H,4-9,18-25H2,1-3H3,(H,44,50)(H,45,53)(H,46,54)(H,47,55)(H,48,52)(H,49,51);2-5H2,1H3;1-2H3. The van der Waals surface area contributed by atoms with Crippen LogP contribution in [-0.2, 0) is 39.7 Å². The molecule has 2 saturated heterocycles. The fraction of sp³-hybridized carbons (Fsp3) is 0.625. The van der Waals surface area contributed by atoms with Crippen molar-refractivity contribution in [1.29, 1.82) is 0 Å². The van der Waals surface area contributed by atoms with Crippen molar-refractivity contribution in [3.8, 4) is 11.1 Å².